The highest BCUT2D eigenvalue weighted by molar-refractivity contribution is 5.77. The molecule has 0 amide bonds. The Hall–Kier alpha value is -3.54. The van der Waals surface area contributed by atoms with Gasteiger partial charge in [-0.1, -0.05) is 12.1 Å². The normalized spacial score (nSPS) is 11.3. The highest BCUT2D eigenvalue weighted by Crippen LogP contribution is 2.23. The number of nitrogens with zero attached hydrogens (tertiary/aromatic N) is 3. The molecular weight excluding hydrogens is 366 g/mol. The molecule has 6 heteroatoms. The van der Waals surface area contributed by atoms with E-state index in [0.717, 1.165) is 42.0 Å². The van der Waals surface area contributed by atoms with Gasteiger partial charge in [0.1, 0.15) is 17.0 Å². The summed E-state index contributed by atoms with van der Waals surface area (Å²) in [7, 11) is 1.63. The van der Waals surface area contributed by atoms with Crippen molar-refractivity contribution in [2.75, 3.05) is 13.7 Å². The van der Waals surface area contributed by atoms with Crippen LogP contribution in [0.15, 0.2) is 65.6 Å². The van der Waals surface area contributed by atoms with Crippen LogP contribution in [0, 0.1) is 0 Å². The third-order valence-corrected chi connectivity index (χ3v) is 4.53. The summed E-state index contributed by atoms with van der Waals surface area (Å²) in [4.78, 5) is 8.52. The molecule has 0 unspecified atom stereocenters. The first-order chi connectivity index (χ1) is 14.3. The summed E-state index contributed by atoms with van der Waals surface area (Å²) in [5.74, 6) is 2.16. The molecule has 0 atom stereocenters. The Balaban J connectivity index is 1.32. The Labute approximate surface area is 169 Å². The summed E-state index contributed by atoms with van der Waals surface area (Å²) < 4.78 is 18.9. The van der Waals surface area contributed by atoms with Gasteiger partial charge < -0.3 is 18.5 Å². The van der Waals surface area contributed by atoms with Crippen LogP contribution in [-0.2, 0) is 6.54 Å². The number of rotatable bonds is 9. The molecule has 2 aromatic carbocycles. The Bertz CT molecular complexity index is 1080. The highest BCUT2D eigenvalue weighted by atomic mass is 16.5. The number of ether oxygens (including phenoxy) is 2. The molecule has 0 N–H and O–H groups in total. The van der Waals surface area contributed by atoms with E-state index >= 15 is 0 Å². The average Bonchev–Trinajstić information content (AvgIpc) is 3.41. The molecule has 0 aliphatic heterocycles. The van der Waals surface area contributed by atoms with Gasteiger partial charge in [0, 0.05) is 31.1 Å². The van der Waals surface area contributed by atoms with E-state index in [1.807, 2.05) is 67.1 Å². The lowest BCUT2D eigenvalue weighted by Gasteiger charge is -2.07. The van der Waals surface area contributed by atoms with E-state index in [1.165, 1.54) is 0 Å². The lowest BCUT2D eigenvalue weighted by Crippen LogP contribution is -2.01. The summed E-state index contributed by atoms with van der Waals surface area (Å²) in [5, 5.41) is 0. The van der Waals surface area contributed by atoms with Crippen molar-refractivity contribution in [2.24, 2.45) is 0 Å². The SMILES string of the molecule is COc1ccc2nc(/C=C/c3cccc(OCCCCn4ccnc4)c3)oc2c1. The quantitative estimate of drug-likeness (QED) is 0.374. The second-order valence-electron chi connectivity index (χ2n) is 6.65. The second kappa shape index (κ2) is 9.10. The van der Waals surface area contributed by atoms with Crippen LogP contribution in [0.2, 0.25) is 0 Å². The van der Waals surface area contributed by atoms with E-state index in [0.29, 0.717) is 18.1 Å². The van der Waals surface area contributed by atoms with Crippen LogP contribution in [-0.4, -0.2) is 28.3 Å². The number of benzene rings is 2. The van der Waals surface area contributed by atoms with Gasteiger partial charge in [-0.05, 0) is 48.7 Å². The molecule has 0 radical (unpaired) electrons. The maximum Gasteiger partial charge on any atom is 0.220 e. The Morgan fingerprint density at radius 2 is 2.03 bits per heavy atom. The molecule has 0 aliphatic carbocycles. The number of hydrogen-bond donors (Lipinski definition) is 0. The molecule has 0 aliphatic rings. The molecule has 148 valence electrons. The van der Waals surface area contributed by atoms with Gasteiger partial charge >= 0.3 is 0 Å². The summed E-state index contributed by atoms with van der Waals surface area (Å²) in [6, 6.07) is 13.6. The average molecular weight is 389 g/mol. The Morgan fingerprint density at radius 3 is 2.90 bits per heavy atom. The lowest BCUT2D eigenvalue weighted by atomic mass is 10.2. The first-order valence-corrected chi connectivity index (χ1v) is 9.61. The van der Waals surface area contributed by atoms with Crippen molar-refractivity contribution in [2.45, 2.75) is 19.4 Å². The number of imidazole rings is 1. The lowest BCUT2D eigenvalue weighted by molar-refractivity contribution is 0.303. The van der Waals surface area contributed by atoms with Crippen LogP contribution < -0.4 is 9.47 Å². The van der Waals surface area contributed by atoms with E-state index in [1.54, 1.807) is 13.3 Å². The number of aromatic nitrogens is 3. The zero-order valence-corrected chi connectivity index (χ0v) is 16.3. The predicted octanol–water partition coefficient (Wildman–Crippen LogP) is 5.06. The molecule has 0 saturated carbocycles. The molecule has 0 fully saturated rings. The number of aryl methyl sites for hydroxylation is 1. The van der Waals surface area contributed by atoms with E-state index < -0.39 is 0 Å². The van der Waals surface area contributed by atoms with Gasteiger partial charge in [0.2, 0.25) is 5.89 Å². The number of fused-ring (bicyclic) bond motifs is 1. The molecule has 2 aromatic heterocycles. The second-order valence-corrected chi connectivity index (χ2v) is 6.65. The van der Waals surface area contributed by atoms with Crippen LogP contribution in [0.5, 0.6) is 11.5 Å². The minimum Gasteiger partial charge on any atom is -0.497 e. The highest BCUT2D eigenvalue weighted by Gasteiger charge is 2.04. The van der Waals surface area contributed by atoms with Crippen molar-refractivity contribution in [1.29, 1.82) is 0 Å². The van der Waals surface area contributed by atoms with Crippen molar-refractivity contribution in [1.82, 2.24) is 14.5 Å². The molecule has 4 aromatic rings. The zero-order chi connectivity index (χ0) is 19.9. The fourth-order valence-corrected chi connectivity index (χ4v) is 3.00. The summed E-state index contributed by atoms with van der Waals surface area (Å²) in [5.41, 5.74) is 2.54. The van der Waals surface area contributed by atoms with Crippen LogP contribution in [0.25, 0.3) is 23.3 Å². The van der Waals surface area contributed by atoms with Crippen molar-refractivity contribution in [3.63, 3.8) is 0 Å². The number of methoxy groups -OCH3 is 1. The van der Waals surface area contributed by atoms with Crippen LogP contribution in [0.3, 0.4) is 0 Å². The maximum absolute atomic E-state index is 5.88. The predicted molar refractivity (Wildman–Crippen MR) is 113 cm³/mol. The zero-order valence-electron chi connectivity index (χ0n) is 16.3. The smallest absolute Gasteiger partial charge is 0.220 e. The van der Waals surface area contributed by atoms with Crippen molar-refractivity contribution >= 4 is 23.3 Å². The fraction of sp³-hybridized carbons (Fsp3) is 0.217. The van der Waals surface area contributed by atoms with E-state index in [2.05, 4.69) is 14.5 Å². The van der Waals surface area contributed by atoms with Crippen molar-refractivity contribution < 1.29 is 13.9 Å². The van der Waals surface area contributed by atoms with Gasteiger partial charge in [-0.2, -0.15) is 0 Å². The molecule has 4 rings (SSSR count). The van der Waals surface area contributed by atoms with Gasteiger partial charge in [-0.25, -0.2) is 9.97 Å². The summed E-state index contributed by atoms with van der Waals surface area (Å²) in [6.45, 7) is 1.65. The van der Waals surface area contributed by atoms with Gasteiger partial charge in [0.15, 0.2) is 5.58 Å². The molecule has 0 bridgehead atoms. The minimum atomic E-state index is 0.555. The molecule has 0 saturated heterocycles. The van der Waals surface area contributed by atoms with Crippen LogP contribution >= 0.6 is 0 Å². The van der Waals surface area contributed by atoms with Crippen molar-refractivity contribution in [3.05, 3.63) is 72.6 Å². The van der Waals surface area contributed by atoms with Crippen LogP contribution in [0.4, 0.5) is 0 Å². The molecule has 29 heavy (non-hydrogen) atoms. The monoisotopic (exact) mass is 389 g/mol. The standard InChI is InChI=1S/C23H23N3O3/c1-27-19-8-9-21-22(16-19)29-23(25-21)10-7-18-5-4-6-20(15-18)28-14-3-2-12-26-13-11-24-17-26/h4-11,13,15-17H,2-3,12,14H2,1H3/b10-7+. The van der Waals surface area contributed by atoms with E-state index in [9.17, 15) is 0 Å². The van der Waals surface area contributed by atoms with Crippen LogP contribution in [0.1, 0.15) is 24.3 Å². The molecular formula is C23H23N3O3. The third kappa shape index (κ3) is 5.04. The van der Waals surface area contributed by atoms with Gasteiger partial charge in [-0.15, -0.1) is 0 Å². The van der Waals surface area contributed by atoms with Gasteiger partial charge in [-0.3, -0.25) is 0 Å². The number of unbranched alkanes of at least 4 members (excludes halogenated alkanes) is 1. The molecule has 0 spiro atoms. The summed E-state index contributed by atoms with van der Waals surface area (Å²) >= 11 is 0. The fourth-order valence-electron chi connectivity index (χ4n) is 3.00. The first-order valence-electron chi connectivity index (χ1n) is 9.61. The Kier molecular flexibility index (Phi) is 5.90. The van der Waals surface area contributed by atoms with Gasteiger partial charge in [0.25, 0.3) is 0 Å². The van der Waals surface area contributed by atoms with E-state index in [-0.39, 0.29) is 0 Å². The first kappa shape index (κ1) is 18.8. The molecule has 2 heterocycles. The van der Waals surface area contributed by atoms with Crippen molar-refractivity contribution in [3.8, 4) is 11.5 Å². The Morgan fingerprint density at radius 1 is 1.07 bits per heavy atom. The number of oxazole rings is 1. The maximum atomic E-state index is 5.88. The topological polar surface area (TPSA) is 62.3 Å². The minimum absolute atomic E-state index is 0.555. The van der Waals surface area contributed by atoms with E-state index in [4.69, 9.17) is 13.9 Å². The van der Waals surface area contributed by atoms with Gasteiger partial charge in [0.05, 0.1) is 20.0 Å². The number of hydrogen-bond acceptors (Lipinski definition) is 5. The molecule has 6 nitrogen and oxygen atoms in total. The largest absolute Gasteiger partial charge is 0.497 e. The summed E-state index contributed by atoms with van der Waals surface area (Å²) in [6.07, 6.45) is 11.5. The third-order valence-electron chi connectivity index (χ3n) is 4.53.